The van der Waals surface area contributed by atoms with Gasteiger partial charge in [-0.1, -0.05) is 18.2 Å². The molecule has 5 nitrogen and oxygen atoms in total. The number of hydrogen-bond donors (Lipinski definition) is 2. The molecular weight excluding hydrogens is 343 g/mol. The first-order valence-corrected chi connectivity index (χ1v) is 8.34. The highest BCUT2D eigenvalue weighted by molar-refractivity contribution is 7.89. The smallest absolute Gasteiger partial charge is 0.345 e. The number of sulfonamides is 1. The second kappa shape index (κ2) is 5.91. The van der Waals surface area contributed by atoms with Gasteiger partial charge >= 0.3 is 6.18 Å². The van der Waals surface area contributed by atoms with Crippen LogP contribution in [-0.2, 0) is 22.7 Å². The molecule has 0 amide bonds. The largest absolute Gasteiger partial charge is 0.416 e. The Kier molecular flexibility index (Phi) is 4.06. The molecule has 24 heavy (non-hydrogen) atoms. The van der Waals surface area contributed by atoms with Crippen molar-refractivity contribution in [3.8, 4) is 0 Å². The lowest BCUT2D eigenvalue weighted by molar-refractivity contribution is -0.138. The number of nitrogens with zero attached hydrogens (tertiary/aromatic N) is 1. The van der Waals surface area contributed by atoms with Crippen molar-refractivity contribution < 1.29 is 21.6 Å². The van der Waals surface area contributed by atoms with Gasteiger partial charge in [0.15, 0.2) is 0 Å². The zero-order valence-electron chi connectivity index (χ0n) is 12.1. The van der Waals surface area contributed by atoms with Crippen molar-refractivity contribution in [1.29, 1.82) is 0 Å². The van der Waals surface area contributed by atoms with Crippen molar-refractivity contribution in [2.75, 3.05) is 0 Å². The average molecular weight is 355 g/mol. The van der Waals surface area contributed by atoms with Crippen LogP contribution in [0.2, 0.25) is 0 Å². The molecule has 2 N–H and O–H groups in total. The van der Waals surface area contributed by atoms with Crippen molar-refractivity contribution in [2.24, 2.45) is 0 Å². The van der Waals surface area contributed by atoms with Gasteiger partial charge in [-0.15, -0.1) is 0 Å². The number of rotatable bonds is 4. The van der Waals surface area contributed by atoms with Gasteiger partial charge in [0.1, 0.15) is 10.5 Å². The predicted octanol–water partition coefficient (Wildman–Crippen LogP) is 3.06. The van der Waals surface area contributed by atoms with Crippen LogP contribution in [0.4, 0.5) is 13.2 Å². The lowest BCUT2D eigenvalue weighted by Gasteiger charge is -2.13. The number of alkyl halides is 3. The van der Waals surface area contributed by atoms with E-state index in [2.05, 4.69) is 14.7 Å². The predicted molar refractivity (Wildman–Crippen MR) is 81.6 cm³/mol. The molecule has 0 aliphatic heterocycles. The summed E-state index contributed by atoms with van der Waals surface area (Å²) in [6, 6.07) is 7.98. The molecule has 0 spiro atoms. The molecule has 1 aromatic carbocycles. The van der Waals surface area contributed by atoms with E-state index in [9.17, 15) is 21.6 Å². The van der Waals surface area contributed by atoms with Gasteiger partial charge in [-0.2, -0.15) is 13.2 Å². The van der Waals surface area contributed by atoms with Crippen molar-refractivity contribution in [3.63, 3.8) is 0 Å². The fourth-order valence-corrected chi connectivity index (χ4v) is 3.52. The minimum atomic E-state index is -4.55. The Balaban J connectivity index is 1.90. The first-order valence-electron chi connectivity index (χ1n) is 6.86. The number of benzene rings is 1. The summed E-state index contributed by atoms with van der Waals surface area (Å²) in [5.74, 6) is 0. The molecule has 9 heteroatoms. The molecule has 2 aromatic heterocycles. The van der Waals surface area contributed by atoms with Crippen LogP contribution in [0.5, 0.6) is 0 Å². The quantitative estimate of drug-likeness (QED) is 0.755. The third kappa shape index (κ3) is 3.13. The Morgan fingerprint density at radius 3 is 2.62 bits per heavy atom. The van der Waals surface area contributed by atoms with Gasteiger partial charge in [0.05, 0.1) is 5.56 Å². The monoisotopic (exact) mass is 355 g/mol. The molecule has 2 heterocycles. The highest BCUT2D eigenvalue weighted by Gasteiger charge is 2.33. The third-order valence-corrected chi connectivity index (χ3v) is 4.92. The molecule has 0 aliphatic rings. The van der Waals surface area contributed by atoms with Crippen molar-refractivity contribution >= 4 is 21.1 Å². The second-order valence-corrected chi connectivity index (χ2v) is 6.77. The van der Waals surface area contributed by atoms with Crippen molar-refractivity contribution in [1.82, 2.24) is 14.7 Å². The van der Waals surface area contributed by atoms with Crippen LogP contribution < -0.4 is 4.72 Å². The fraction of sp³-hybridized carbons (Fsp3) is 0.133. The Hall–Kier alpha value is -2.39. The molecule has 126 valence electrons. The number of halogens is 3. The zero-order valence-corrected chi connectivity index (χ0v) is 12.9. The summed E-state index contributed by atoms with van der Waals surface area (Å²) in [6.07, 6.45) is -1.79. The standard InChI is InChI=1S/C15H12F3N3O2S/c16-15(17,18)12-6-2-1-4-10(12)8-21-24(22,23)13-9-20-14-11(13)5-3-7-19-14/h1-7,9,21H,8H2,(H,19,20). The van der Waals surface area contributed by atoms with Gasteiger partial charge in [-0.3, -0.25) is 0 Å². The molecule has 0 fully saturated rings. The van der Waals surface area contributed by atoms with E-state index < -0.39 is 28.3 Å². The lowest BCUT2D eigenvalue weighted by atomic mass is 10.1. The average Bonchev–Trinajstić information content (AvgIpc) is 2.97. The van der Waals surface area contributed by atoms with Gasteiger partial charge in [0.25, 0.3) is 0 Å². The third-order valence-electron chi connectivity index (χ3n) is 3.48. The van der Waals surface area contributed by atoms with E-state index in [4.69, 9.17) is 0 Å². The maximum Gasteiger partial charge on any atom is 0.416 e. The molecule has 0 atom stereocenters. The van der Waals surface area contributed by atoms with E-state index in [0.717, 1.165) is 6.07 Å². The van der Waals surface area contributed by atoms with E-state index in [-0.39, 0.29) is 10.5 Å². The second-order valence-electron chi connectivity index (χ2n) is 5.03. The highest BCUT2D eigenvalue weighted by atomic mass is 32.2. The van der Waals surface area contributed by atoms with Gasteiger partial charge in [0, 0.05) is 24.3 Å². The molecule has 0 saturated heterocycles. The molecule has 3 rings (SSSR count). The Labute approximate surface area is 135 Å². The molecule has 0 bridgehead atoms. The van der Waals surface area contributed by atoms with Crippen LogP contribution in [-0.4, -0.2) is 18.4 Å². The van der Waals surface area contributed by atoms with E-state index in [1.54, 1.807) is 12.1 Å². The van der Waals surface area contributed by atoms with Crippen LogP contribution in [0.3, 0.4) is 0 Å². The molecule has 0 saturated carbocycles. The Morgan fingerprint density at radius 2 is 1.88 bits per heavy atom. The summed E-state index contributed by atoms with van der Waals surface area (Å²) < 4.78 is 65.9. The maximum atomic E-state index is 13.0. The highest BCUT2D eigenvalue weighted by Crippen LogP contribution is 2.32. The maximum absolute atomic E-state index is 13.0. The van der Waals surface area contributed by atoms with Crippen molar-refractivity contribution in [3.05, 3.63) is 59.9 Å². The first kappa shape index (κ1) is 16.5. The van der Waals surface area contributed by atoms with E-state index >= 15 is 0 Å². The number of aromatic amines is 1. The van der Waals surface area contributed by atoms with Gasteiger partial charge < -0.3 is 4.98 Å². The van der Waals surface area contributed by atoms with Crippen LogP contribution >= 0.6 is 0 Å². The lowest BCUT2D eigenvalue weighted by Crippen LogP contribution is -2.24. The van der Waals surface area contributed by atoms with Crippen LogP contribution in [0.25, 0.3) is 11.0 Å². The van der Waals surface area contributed by atoms with Crippen molar-refractivity contribution in [2.45, 2.75) is 17.6 Å². The normalized spacial score (nSPS) is 12.6. The summed E-state index contributed by atoms with van der Waals surface area (Å²) >= 11 is 0. The van der Waals surface area contributed by atoms with Crippen LogP contribution in [0.15, 0.2) is 53.7 Å². The van der Waals surface area contributed by atoms with E-state index in [1.165, 1.54) is 30.6 Å². The van der Waals surface area contributed by atoms with E-state index in [0.29, 0.717) is 11.0 Å². The van der Waals surface area contributed by atoms with Gasteiger partial charge in [-0.05, 0) is 23.8 Å². The molecule has 3 aromatic rings. The van der Waals surface area contributed by atoms with E-state index in [1.807, 2.05) is 0 Å². The number of hydrogen-bond acceptors (Lipinski definition) is 3. The summed E-state index contributed by atoms with van der Waals surface area (Å²) in [7, 11) is -3.99. The summed E-state index contributed by atoms with van der Waals surface area (Å²) in [5.41, 5.74) is -0.631. The van der Waals surface area contributed by atoms with Crippen LogP contribution in [0.1, 0.15) is 11.1 Å². The SMILES string of the molecule is O=S(=O)(NCc1ccccc1C(F)(F)F)c1c[nH]c2ncccc12. The number of aromatic nitrogens is 2. The van der Waals surface area contributed by atoms with Gasteiger partial charge in [-0.25, -0.2) is 18.1 Å². The summed E-state index contributed by atoms with van der Waals surface area (Å²) in [5, 5.41) is 0.370. The number of nitrogens with one attached hydrogen (secondary N) is 2. The number of H-pyrrole nitrogens is 1. The fourth-order valence-electron chi connectivity index (χ4n) is 2.35. The summed E-state index contributed by atoms with van der Waals surface area (Å²) in [4.78, 5) is 6.64. The van der Waals surface area contributed by atoms with Crippen LogP contribution in [0, 0.1) is 0 Å². The molecule has 0 radical (unpaired) electrons. The van der Waals surface area contributed by atoms with Gasteiger partial charge in [0.2, 0.25) is 10.0 Å². The molecule has 0 aliphatic carbocycles. The number of pyridine rings is 1. The minimum absolute atomic E-state index is 0.0601. The Bertz CT molecular complexity index is 981. The Morgan fingerprint density at radius 1 is 1.12 bits per heavy atom. The summed E-state index contributed by atoms with van der Waals surface area (Å²) in [6.45, 7) is -0.467. The molecule has 0 unspecified atom stereocenters. The zero-order chi connectivity index (χ0) is 17.4. The minimum Gasteiger partial charge on any atom is -0.345 e. The number of fused-ring (bicyclic) bond motifs is 1. The topological polar surface area (TPSA) is 74.8 Å². The first-order chi connectivity index (χ1) is 11.3. The molecular formula is C15H12F3N3O2S.